The van der Waals surface area contributed by atoms with E-state index in [9.17, 15) is 4.79 Å². The molecule has 1 rings (SSSR count). The standard InChI is InChI=1S/C11H18O3/c1-10(5-4-7-12)9-14-11-6-2-3-8-13-11/h4-5,7,10-11H,2-3,6,8-9H2,1H3/b5-4+/t10-,11?/m0/s1. The lowest BCUT2D eigenvalue weighted by atomic mass is 10.2. The number of rotatable bonds is 5. The van der Waals surface area contributed by atoms with Crippen molar-refractivity contribution in [2.45, 2.75) is 32.5 Å². The first-order valence-electron chi connectivity index (χ1n) is 5.18. The first kappa shape index (κ1) is 11.4. The molecule has 80 valence electrons. The molecule has 1 saturated heterocycles. The van der Waals surface area contributed by atoms with E-state index in [0.29, 0.717) is 6.61 Å². The molecule has 1 unspecified atom stereocenters. The van der Waals surface area contributed by atoms with Gasteiger partial charge in [-0.2, -0.15) is 0 Å². The molecular weight excluding hydrogens is 180 g/mol. The monoisotopic (exact) mass is 198 g/mol. The zero-order chi connectivity index (χ0) is 10.2. The van der Waals surface area contributed by atoms with Crippen molar-refractivity contribution in [2.75, 3.05) is 13.2 Å². The number of hydrogen-bond donors (Lipinski definition) is 0. The molecule has 1 aliphatic heterocycles. The smallest absolute Gasteiger partial charge is 0.157 e. The minimum atomic E-state index is -0.0316. The van der Waals surface area contributed by atoms with Crippen molar-refractivity contribution in [2.24, 2.45) is 5.92 Å². The van der Waals surface area contributed by atoms with E-state index in [1.54, 1.807) is 0 Å². The Morgan fingerprint density at radius 1 is 1.57 bits per heavy atom. The van der Waals surface area contributed by atoms with E-state index < -0.39 is 0 Å². The summed E-state index contributed by atoms with van der Waals surface area (Å²) < 4.78 is 11.0. The Morgan fingerprint density at radius 2 is 2.43 bits per heavy atom. The molecule has 14 heavy (non-hydrogen) atoms. The molecule has 1 aliphatic rings. The van der Waals surface area contributed by atoms with E-state index in [0.717, 1.165) is 25.7 Å². The molecule has 0 aromatic heterocycles. The van der Waals surface area contributed by atoms with Crippen molar-refractivity contribution in [3.8, 4) is 0 Å². The second-order valence-electron chi connectivity index (χ2n) is 3.63. The molecule has 3 nitrogen and oxygen atoms in total. The lowest BCUT2D eigenvalue weighted by Crippen LogP contribution is -2.24. The van der Waals surface area contributed by atoms with Gasteiger partial charge in [-0.1, -0.05) is 13.0 Å². The summed E-state index contributed by atoms with van der Waals surface area (Å²) in [6.07, 6.45) is 7.42. The highest BCUT2D eigenvalue weighted by Gasteiger charge is 2.14. The fourth-order valence-corrected chi connectivity index (χ4v) is 1.39. The Hall–Kier alpha value is -0.670. The molecule has 0 bridgehead atoms. The first-order chi connectivity index (χ1) is 6.83. The molecular formula is C11H18O3. The van der Waals surface area contributed by atoms with Gasteiger partial charge in [0, 0.05) is 6.61 Å². The van der Waals surface area contributed by atoms with Crippen molar-refractivity contribution in [3.63, 3.8) is 0 Å². The van der Waals surface area contributed by atoms with Gasteiger partial charge in [0.15, 0.2) is 6.29 Å². The van der Waals surface area contributed by atoms with Crippen LogP contribution in [0, 0.1) is 5.92 Å². The maximum absolute atomic E-state index is 10.1. The lowest BCUT2D eigenvalue weighted by molar-refractivity contribution is -0.166. The summed E-state index contributed by atoms with van der Waals surface area (Å²) in [6.45, 7) is 3.45. The zero-order valence-corrected chi connectivity index (χ0v) is 8.65. The SMILES string of the molecule is C[C@@H](/C=C/C=O)COC1CCCCO1. The summed E-state index contributed by atoms with van der Waals surface area (Å²) in [6, 6.07) is 0. The van der Waals surface area contributed by atoms with Gasteiger partial charge in [-0.15, -0.1) is 0 Å². The molecule has 0 radical (unpaired) electrons. The van der Waals surface area contributed by atoms with Crippen LogP contribution >= 0.6 is 0 Å². The summed E-state index contributed by atoms with van der Waals surface area (Å²) in [4.78, 5) is 10.1. The minimum Gasteiger partial charge on any atom is -0.353 e. The van der Waals surface area contributed by atoms with Gasteiger partial charge in [-0.25, -0.2) is 0 Å². The van der Waals surface area contributed by atoms with Gasteiger partial charge in [-0.05, 0) is 31.3 Å². The van der Waals surface area contributed by atoms with Crippen molar-refractivity contribution >= 4 is 6.29 Å². The van der Waals surface area contributed by atoms with Crippen molar-refractivity contribution in [1.82, 2.24) is 0 Å². The third-order valence-electron chi connectivity index (χ3n) is 2.20. The van der Waals surface area contributed by atoms with E-state index in [-0.39, 0.29) is 12.2 Å². The average molecular weight is 198 g/mol. The molecule has 0 aromatic carbocycles. The Morgan fingerprint density at radius 3 is 3.07 bits per heavy atom. The van der Waals surface area contributed by atoms with E-state index in [2.05, 4.69) is 0 Å². The summed E-state index contributed by atoms with van der Waals surface area (Å²) in [5, 5.41) is 0. The van der Waals surface area contributed by atoms with Crippen LogP contribution in [0.2, 0.25) is 0 Å². The van der Waals surface area contributed by atoms with E-state index >= 15 is 0 Å². The van der Waals surface area contributed by atoms with Gasteiger partial charge in [0.25, 0.3) is 0 Å². The van der Waals surface area contributed by atoms with Gasteiger partial charge >= 0.3 is 0 Å². The van der Waals surface area contributed by atoms with Gasteiger partial charge < -0.3 is 9.47 Å². The van der Waals surface area contributed by atoms with Crippen LogP contribution < -0.4 is 0 Å². The second-order valence-corrected chi connectivity index (χ2v) is 3.63. The number of aldehydes is 1. The topological polar surface area (TPSA) is 35.5 Å². The van der Waals surface area contributed by atoms with E-state index in [1.807, 2.05) is 13.0 Å². The Balaban J connectivity index is 2.11. The van der Waals surface area contributed by atoms with Crippen molar-refractivity contribution in [1.29, 1.82) is 0 Å². The highest BCUT2D eigenvalue weighted by atomic mass is 16.7. The lowest BCUT2D eigenvalue weighted by Gasteiger charge is -2.23. The second kappa shape index (κ2) is 6.74. The molecule has 3 heteroatoms. The first-order valence-corrected chi connectivity index (χ1v) is 5.18. The third kappa shape index (κ3) is 4.53. The number of carbonyl (C=O) groups is 1. The van der Waals surface area contributed by atoms with E-state index in [1.165, 1.54) is 12.5 Å². The van der Waals surface area contributed by atoms with Crippen LogP contribution in [0.3, 0.4) is 0 Å². The predicted octanol–water partition coefficient (Wildman–Crippen LogP) is 1.92. The van der Waals surface area contributed by atoms with Gasteiger partial charge in [-0.3, -0.25) is 4.79 Å². The molecule has 1 fully saturated rings. The van der Waals surface area contributed by atoms with Gasteiger partial charge in [0.2, 0.25) is 0 Å². The van der Waals surface area contributed by atoms with Crippen LogP contribution in [0.5, 0.6) is 0 Å². The van der Waals surface area contributed by atoms with Crippen LogP contribution in [0.15, 0.2) is 12.2 Å². The fraction of sp³-hybridized carbons (Fsp3) is 0.727. The number of ether oxygens (including phenoxy) is 2. The quantitative estimate of drug-likeness (QED) is 0.500. The Bertz CT molecular complexity index is 183. The summed E-state index contributed by atoms with van der Waals surface area (Å²) in [5.41, 5.74) is 0. The Kier molecular flexibility index (Phi) is 5.49. The predicted molar refractivity (Wildman–Crippen MR) is 53.9 cm³/mol. The molecule has 1 heterocycles. The van der Waals surface area contributed by atoms with Crippen LogP contribution in [-0.2, 0) is 14.3 Å². The average Bonchev–Trinajstić information content (AvgIpc) is 2.25. The van der Waals surface area contributed by atoms with Crippen molar-refractivity contribution in [3.05, 3.63) is 12.2 Å². The van der Waals surface area contributed by atoms with Crippen molar-refractivity contribution < 1.29 is 14.3 Å². The summed E-state index contributed by atoms with van der Waals surface area (Å²) in [5.74, 6) is 0.269. The summed E-state index contributed by atoms with van der Waals surface area (Å²) in [7, 11) is 0. The normalized spacial score (nSPS) is 25.1. The minimum absolute atomic E-state index is 0.0316. The van der Waals surface area contributed by atoms with Gasteiger partial charge in [0.1, 0.15) is 6.29 Å². The third-order valence-corrected chi connectivity index (χ3v) is 2.20. The maximum Gasteiger partial charge on any atom is 0.157 e. The largest absolute Gasteiger partial charge is 0.353 e. The molecule has 2 atom stereocenters. The molecule has 0 spiro atoms. The van der Waals surface area contributed by atoms with Crippen LogP contribution in [0.4, 0.5) is 0 Å². The molecule has 0 amide bonds. The fourth-order valence-electron chi connectivity index (χ4n) is 1.39. The number of hydrogen-bond acceptors (Lipinski definition) is 3. The van der Waals surface area contributed by atoms with Crippen LogP contribution in [0.1, 0.15) is 26.2 Å². The molecule has 0 aromatic rings. The molecule has 0 saturated carbocycles. The zero-order valence-electron chi connectivity index (χ0n) is 8.65. The van der Waals surface area contributed by atoms with Gasteiger partial charge in [0.05, 0.1) is 6.61 Å². The maximum atomic E-state index is 10.1. The highest BCUT2D eigenvalue weighted by molar-refractivity contribution is 5.64. The Labute approximate surface area is 85.1 Å². The molecule has 0 N–H and O–H groups in total. The highest BCUT2D eigenvalue weighted by Crippen LogP contribution is 2.14. The van der Waals surface area contributed by atoms with Crippen LogP contribution in [-0.4, -0.2) is 25.8 Å². The van der Waals surface area contributed by atoms with E-state index in [4.69, 9.17) is 9.47 Å². The number of allylic oxidation sites excluding steroid dienone is 1. The molecule has 0 aliphatic carbocycles. The number of carbonyl (C=O) groups excluding carboxylic acids is 1. The summed E-state index contributed by atoms with van der Waals surface area (Å²) >= 11 is 0. The van der Waals surface area contributed by atoms with Crippen LogP contribution in [0.25, 0.3) is 0 Å².